The van der Waals surface area contributed by atoms with Crippen molar-refractivity contribution in [2.45, 2.75) is 4.21 Å². The summed E-state index contributed by atoms with van der Waals surface area (Å²) in [6.07, 6.45) is 1.22. The number of benzene rings is 1. The molecule has 0 radical (unpaired) electrons. The van der Waals surface area contributed by atoms with Crippen LogP contribution in [0.25, 0.3) is 10.4 Å². The van der Waals surface area contributed by atoms with Crippen molar-refractivity contribution in [2.75, 3.05) is 26.6 Å². The molecule has 0 bridgehead atoms. The van der Waals surface area contributed by atoms with E-state index in [1.807, 2.05) is 30.3 Å². The van der Waals surface area contributed by atoms with Crippen LogP contribution in [-0.4, -0.2) is 35.0 Å². The van der Waals surface area contributed by atoms with Gasteiger partial charge in [0.2, 0.25) is 0 Å². The highest BCUT2D eigenvalue weighted by atomic mass is 32.2. The first-order chi connectivity index (χ1) is 9.50. The minimum Gasteiger partial charge on any atom is -0.491 e. The number of thiophene rings is 1. The Kier molecular flexibility index (Phi) is 4.80. The topological polar surface area (TPSA) is 52.6 Å². The SMILES string of the molecule is COCCOc1ccc(-c2ccc(S(C)(=O)=O)s2)cc1. The molecule has 6 heteroatoms. The second-order valence-corrected chi connectivity index (χ2v) is 7.58. The Morgan fingerprint density at radius 2 is 1.75 bits per heavy atom. The molecule has 0 amide bonds. The Labute approximate surface area is 122 Å². The molecule has 0 aliphatic rings. The Morgan fingerprint density at radius 3 is 2.30 bits per heavy atom. The lowest BCUT2D eigenvalue weighted by molar-refractivity contribution is 0.146. The summed E-state index contributed by atoms with van der Waals surface area (Å²) in [5.41, 5.74) is 0.976. The quantitative estimate of drug-likeness (QED) is 0.770. The molecule has 0 unspecified atom stereocenters. The second-order valence-electron chi connectivity index (χ2n) is 4.26. The lowest BCUT2D eigenvalue weighted by Gasteiger charge is -2.05. The van der Waals surface area contributed by atoms with E-state index < -0.39 is 9.84 Å². The summed E-state index contributed by atoms with van der Waals surface area (Å²) in [5.74, 6) is 0.769. The van der Waals surface area contributed by atoms with Gasteiger partial charge in [-0.1, -0.05) is 0 Å². The van der Waals surface area contributed by atoms with Crippen LogP contribution < -0.4 is 4.74 Å². The fraction of sp³-hybridized carbons (Fsp3) is 0.286. The average molecular weight is 312 g/mol. The van der Waals surface area contributed by atoms with Gasteiger partial charge in [-0.3, -0.25) is 0 Å². The van der Waals surface area contributed by atoms with Crippen molar-refractivity contribution in [1.29, 1.82) is 0 Å². The van der Waals surface area contributed by atoms with Crippen LogP contribution in [0.3, 0.4) is 0 Å². The molecular weight excluding hydrogens is 296 g/mol. The van der Waals surface area contributed by atoms with Gasteiger partial charge in [0.05, 0.1) is 6.61 Å². The molecule has 0 aliphatic heterocycles. The third-order valence-electron chi connectivity index (χ3n) is 2.64. The summed E-state index contributed by atoms with van der Waals surface area (Å²) in [6.45, 7) is 1.05. The summed E-state index contributed by atoms with van der Waals surface area (Å²) in [6, 6.07) is 11.0. The molecule has 4 nitrogen and oxygen atoms in total. The van der Waals surface area contributed by atoms with Crippen molar-refractivity contribution in [3.05, 3.63) is 36.4 Å². The summed E-state index contributed by atoms with van der Waals surface area (Å²) < 4.78 is 33.7. The third-order valence-corrected chi connectivity index (χ3v) is 5.60. The number of rotatable bonds is 6. The molecule has 0 N–H and O–H groups in total. The molecule has 0 aliphatic carbocycles. The molecule has 0 fully saturated rings. The molecule has 108 valence electrons. The highest BCUT2D eigenvalue weighted by Gasteiger charge is 2.11. The largest absolute Gasteiger partial charge is 0.491 e. The van der Waals surface area contributed by atoms with E-state index in [4.69, 9.17) is 9.47 Å². The van der Waals surface area contributed by atoms with E-state index >= 15 is 0 Å². The van der Waals surface area contributed by atoms with Crippen molar-refractivity contribution < 1.29 is 17.9 Å². The van der Waals surface area contributed by atoms with Gasteiger partial charge in [0.1, 0.15) is 16.6 Å². The van der Waals surface area contributed by atoms with Gasteiger partial charge in [-0.05, 0) is 42.0 Å². The van der Waals surface area contributed by atoms with E-state index in [0.29, 0.717) is 17.4 Å². The minimum absolute atomic E-state index is 0.382. The molecular formula is C14H16O4S2. The van der Waals surface area contributed by atoms with E-state index in [1.54, 1.807) is 13.2 Å². The van der Waals surface area contributed by atoms with Gasteiger partial charge in [0.15, 0.2) is 9.84 Å². The average Bonchev–Trinajstić information content (AvgIpc) is 2.89. The Balaban J connectivity index is 2.12. The van der Waals surface area contributed by atoms with E-state index in [9.17, 15) is 8.42 Å². The number of hydrogen-bond donors (Lipinski definition) is 0. The van der Waals surface area contributed by atoms with E-state index in [1.165, 1.54) is 17.6 Å². The fourth-order valence-electron chi connectivity index (χ4n) is 1.63. The van der Waals surface area contributed by atoms with Gasteiger partial charge in [0, 0.05) is 18.2 Å². The Bertz CT molecular complexity index is 657. The fourth-order valence-corrected chi connectivity index (χ4v) is 3.57. The van der Waals surface area contributed by atoms with Crippen LogP contribution in [0.5, 0.6) is 5.75 Å². The van der Waals surface area contributed by atoms with Gasteiger partial charge < -0.3 is 9.47 Å². The van der Waals surface area contributed by atoms with Crippen LogP contribution in [0.4, 0.5) is 0 Å². The van der Waals surface area contributed by atoms with Crippen LogP contribution in [0.15, 0.2) is 40.6 Å². The summed E-state index contributed by atoms with van der Waals surface area (Å²) in [4.78, 5) is 0.925. The zero-order valence-corrected chi connectivity index (χ0v) is 13.0. The standard InChI is InChI=1S/C14H16O4S2/c1-17-9-10-18-12-5-3-11(4-6-12)13-7-8-14(19-13)20(2,15)16/h3-8H,9-10H2,1-2H3. The van der Waals surface area contributed by atoms with Crippen molar-refractivity contribution >= 4 is 21.2 Å². The zero-order valence-electron chi connectivity index (χ0n) is 11.3. The van der Waals surface area contributed by atoms with E-state index in [0.717, 1.165) is 16.2 Å². The van der Waals surface area contributed by atoms with Crippen LogP contribution in [-0.2, 0) is 14.6 Å². The molecule has 0 atom stereocenters. The monoisotopic (exact) mass is 312 g/mol. The first kappa shape index (κ1) is 15.0. The lowest BCUT2D eigenvalue weighted by Crippen LogP contribution is -2.03. The lowest BCUT2D eigenvalue weighted by atomic mass is 10.2. The van der Waals surface area contributed by atoms with Gasteiger partial charge in [0.25, 0.3) is 0 Å². The maximum absolute atomic E-state index is 11.5. The zero-order chi connectivity index (χ0) is 14.6. The van der Waals surface area contributed by atoms with Crippen molar-refractivity contribution in [2.24, 2.45) is 0 Å². The highest BCUT2D eigenvalue weighted by molar-refractivity contribution is 7.92. The van der Waals surface area contributed by atoms with Crippen LogP contribution >= 0.6 is 11.3 Å². The molecule has 2 aromatic rings. The van der Waals surface area contributed by atoms with Crippen molar-refractivity contribution in [3.63, 3.8) is 0 Å². The Morgan fingerprint density at radius 1 is 1.05 bits per heavy atom. The summed E-state index contributed by atoms with van der Waals surface area (Å²) >= 11 is 1.27. The number of methoxy groups -OCH3 is 1. The third kappa shape index (κ3) is 3.82. The molecule has 2 rings (SSSR count). The summed E-state index contributed by atoms with van der Waals surface area (Å²) in [7, 11) is -1.51. The molecule has 0 saturated heterocycles. The smallest absolute Gasteiger partial charge is 0.184 e. The number of ether oxygens (including phenoxy) is 2. The molecule has 20 heavy (non-hydrogen) atoms. The molecule has 1 heterocycles. The van der Waals surface area contributed by atoms with Crippen LogP contribution in [0, 0.1) is 0 Å². The minimum atomic E-state index is -3.13. The van der Waals surface area contributed by atoms with Crippen LogP contribution in [0.2, 0.25) is 0 Å². The first-order valence-electron chi connectivity index (χ1n) is 6.03. The number of hydrogen-bond acceptors (Lipinski definition) is 5. The van der Waals surface area contributed by atoms with Crippen molar-refractivity contribution in [1.82, 2.24) is 0 Å². The van der Waals surface area contributed by atoms with Crippen molar-refractivity contribution in [3.8, 4) is 16.2 Å². The van der Waals surface area contributed by atoms with Gasteiger partial charge in [-0.25, -0.2) is 8.42 Å². The molecule has 1 aromatic heterocycles. The van der Waals surface area contributed by atoms with Crippen LogP contribution in [0.1, 0.15) is 0 Å². The predicted octanol–water partition coefficient (Wildman–Crippen LogP) is 2.84. The number of sulfone groups is 1. The Hall–Kier alpha value is -1.37. The highest BCUT2D eigenvalue weighted by Crippen LogP contribution is 2.31. The molecule has 0 saturated carbocycles. The van der Waals surface area contributed by atoms with Gasteiger partial charge >= 0.3 is 0 Å². The van der Waals surface area contributed by atoms with E-state index in [-0.39, 0.29) is 0 Å². The molecule has 1 aromatic carbocycles. The van der Waals surface area contributed by atoms with Gasteiger partial charge in [-0.2, -0.15) is 0 Å². The first-order valence-corrected chi connectivity index (χ1v) is 8.73. The maximum Gasteiger partial charge on any atom is 0.184 e. The summed E-state index contributed by atoms with van der Waals surface area (Å²) in [5, 5.41) is 0. The predicted molar refractivity (Wildman–Crippen MR) is 80.2 cm³/mol. The normalized spacial score (nSPS) is 11.5. The van der Waals surface area contributed by atoms with E-state index in [2.05, 4.69) is 0 Å². The second kappa shape index (κ2) is 6.39. The molecule has 0 spiro atoms. The van der Waals surface area contributed by atoms with Gasteiger partial charge in [-0.15, -0.1) is 11.3 Å². The maximum atomic E-state index is 11.5.